The molecule has 1 aromatic carbocycles. The van der Waals surface area contributed by atoms with Crippen LogP contribution >= 0.6 is 0 Å². The van der Waals surface area contributed by atoms with Crippen molar-refractivity contribution in [2.24, 2.45) is 0 Å². The average molecular weight is 360 g/mol. The topological polar surface area (TPSA) is 91.1 Å². The molecule has 0 unspecified atom stereocenters. The third-order valence-electron chi connectivity index (χ3n) is 4.14. The molecule has 1 aliphatic rings. The van der Waals surface area contributed by atoms with Crippen LogP contribution in [0.2, 0.25) is 0 Å². The first-order valence-electron chi connectivity index (χ1n) is 8.13. The van der Waals surface area contributed by atoms with Crippen molar-refractivity contribution in [2.45, 2.75) is 25.4 Å². The molecule has 8 heteroatoms. The summed E-state index contributed by atoms with van der Waals surface area (Å²) in [6.45, 7) is 0.141. The molecule has 0 atom stereocenters. The first kappa shape index (κ1) is 17.8. The van der Waals surface area contributed by atoms with Gasteiger partial charge in [-0.15, -0.1) is 0 Å². The summed E-state index contributed by atoms with van der Waals surface area (Å²) in [5.74, 6) is 0.306. The van der Waals surface area contributed by atoms with Crippen LogP contribution in [0.5, 0.6) is 11.5 Å². The van der Waals surface area contributed by atoms with Gasteiger partial charge in [0.1, 0.15) is 23.3 Å². The highest BCUT2D eigenvalue weighted by Gasteiger charge is 2.36. The lowest BCUT2D eigenvalue weighted by Crippen LogP contribution is -2.33. The molecule has 1 saturated carbocycles. The molecule has 0 spiro atoms. The number of carbonyl (C=O) groups excluding carboxylic acids is 2. The number of aromatic nitrogens is 1. The Labute approximate surface area is 150 Å². The Morgan fingerprint density at radius 3 is 2.38 bits per heavy atom. The van der Waals surface area contributed by atoms with Crippen molar-refractivity contribution in [1.82, 2.24) is 9.88 Å². The lowest BCUT2D eigenvalue weighted by molar-refractivity contribution is 0.0593. The zero-order valence-corrected chi connectivity index (χ0v) is 14.9. The zero-order valence-electron chi connectivity index (χ0n) is 14.9. The second-order valence-electron chi connectivity index (χ2n) is 5.82. The predicted molar refractivity (Wildman–Crippen MR) is 90.3 cm³/mol. The Bertz CT molecular complexity index is 790. The second-order valence-corrected chi connectivity index (χ2v) is 5.82. The number of ether oxygens (including phenoxy) is 3. The van der Waals surface area contributed by atoms with E-state index in [1.165, 1.54) is 27.6 Å². The van der Waals surface area contributed by atoms with Crippen LogP contribution < -0.4 is 9.47 Å². The monoisotopic (exact) mass is 360 g/mol. The van der Waals surface area contributed by atoms with Gasteiger partial charge in [-0.3, -0.25) is 4.79 Å². The lowest BCUT2D eigenvalue weighted by atomic mass is 10.1. The third-order valence-corrected chi connectivity index (χ3v) is 4.14. The molecule has 3 rings (SSSR count). The molecule has 138 valence electrons. The van der Waals surface area contributed by atoms with Gasteiger partial charge in [-0.05, 0) is 25.0 Å². The Hall–Kier alpha value is -3.03. The number of methoxy groups -OCH3 is 3. The maximum absolute atomic E-state index is 13.2. The molecule has 0 bridgehead atoms. The molecule has 1 aromatic heterocycles. The SMILES string of the molecule is COC(=O)c1coc(CN(C(=O)c2c(OC)cccc2OC)C2CC2)n1. The van der Waals surface area contributed by atoms with E-state index in [-0.39, 0.29) is 30.1 Å². The van der Waals surface area contributed by atoms with Crippen LogP contribution in [-0.4, -0.2) is 49.1 Å². The minimum Gasteiger partial charge on any atom is -0.496 e. The van der Waals surface area contributed by atoms with E-state index in [1.54, 1.807) is 23.1 Å². The standard InChI is InChI=1S/C18H20N2O6/c1-23-13-5-4-6-14(24-2)16(13)17(21)20(11-7-8-11)9-15-19-12(10-26-15)18(22)25-3/h4-6,10-11H,7-9H2,1-3H3. The fourth-order valence-corrected chi connectivity index (χ4v) is 2.69. The molecule has 0 radical (unpaired) electrons. The van der Waals surface area contributed by atoms with Crippen LogP contribution in [0.15, 0.2) is 28.9 Å². The molecule has 8 nitrogen and oxygen atoms in total. The molecule has 0 saturated heterocycles. The number of hydrogen-bond donors (Lipinski definition) is 0. The summed E-state index contributed by atoms with van der Waals surface area (Å²) in [4.78, 5) is 30.5. The van der Waals surface area contributed by atoms with Gasteiger partial charge in [0.2, 0.25) is 5.89 Å². The summed E-state index contributed by atoms with van der Waals surface area (Å²) in [5, 5.41) is 0. The molecular formula is C18H20N2O6. The number of nitrogens with zero attached hydrogens (tertiary/aromatic N) is 2. The minimum atomic E-state index is -0.587. The van der Waals surface area contributed by atoms with Crippen molar-refractivity contribution < 1.29 is 28.2 Å². The molecular weight excluding hydrogens is 340 g/mol. The first-order valence-corrected chi connectivity index (χ1v) is 8.13. The van der Waals surface area contributed by atoms with E-state index in [4.69, 9.17) is 13.9 Å². The molecule has 1 amide bonds. The normalized spacial score (nSPS) is 13.2. The summed E-state index contributed by atoms with van der Waals surface area (Å²) in [6.07, 6.45) is 3.02. The number of oxazole rings is 1. The number of hydrogen-bond acceptors (Lipinski definition) is 7. The molecule has 0 N–H and O–H groups in total. The Balaban J connectivity index is 1.88. The van der Waals surface area contributed by atoms with Crippen LogP contribution in [0, 0.1) is 0 Å². The highest BCUT2D eigenvalue weighted by Crippen LogP contribution is 2.35. The van der Waals surface area contributed by atoms with Crippen LogP contribution in [-0.2, 0) is 11.3 Å². The van der Waals surface area contributed by atoms with Gasteiger partial charge in [-0.1, -0.05) is 6.07 Å². The van der Waals surface area contributed by atoms with Crippen molar-refractivity contribution in [3.63, 3.8) is 0 Å². The number of esters is 1. The smallest absolute Gasteiger partial charge is 0.360 e. The minimum absolute atomic E-state index is 0.0700. The Morgan fingerprint density at radius 2 is 1.85 bits per heavy atom. The number of benzene rings is 1. The van der Waals surface area contributed by atoms with E-state index in [0.29, 0.717) is 17.1 Å². The molecule has 1 heterocycles. The number of rotatable bonds is 7. The van der Waals surface area contributed by atoms with E-state index in [0.717, 1.165) is 12.8 Å². The van der Waals surface area contributed by atoms with Crippen molar-refractivity contribution >= 4 is 11.9 Å². The zero-order chi connectivity index (χ0) is 18.7. The van der Waals surface area contributed by atoms with E-state index in [9.17, 15) is 9.59 Å². The van der Waals surface area contributed by atoms with E-state index in [2.05, 4.69) is 9.72 Å². The summed E-state index contributed by atoms with van der Waals surface area (Å²) < 4.78 is 20.6. The second kappa shape index (κ2) is 7.47. The lowest BCUT2D eigenvalue weighted by Gasteiger charge is -2.23. The quantitative estimate of drug-likeness (QED) is 0.700. The number of amides is 1. The molecule has 0 aliphatic heterocycles. The van der Waals surface area contributed by atoms with Gasteiger partial charge < -0.3 is 23.5 Å². The molecule has 1 aliphatic carbocycles. The summed E-state index contributed by atoms with van der Waals surface area (Å²) >= 11 is 0. The van der Waals surface area contributed by atoms with E-state index < -0.39 is 5.97 Å². The maximum atomic E-state index is 13.2. The Kier molecular flexibility index (Phi) is 5.11. The van der Waals surface area contributed by atoms with Gasteiger partial charge in [-0.25, -0.2) is 9.78 Å². The van der Waals surface area contributed by atoms with Crippen molar-refractivity contribution in [3.8, 4) is 11.5 Å². The van der Waals surface area contributed by atoms with Gasteiger partial charge in [0, 0.05) is 6.04 Å². The fourth-order valence-electron chi connectivity index (χ4n) is 2.69. The molecule has 26 heavy (non-hydrogen) atoms. The van der Waals surface area contributed by atoms with Crippen molar-refractivity contribution in [1.29, 1.82) is 0 Å². The van der Waals surface area contributed by atoms with Crippen molar-refractivity contribution in [3.05, 3.63) is 41.6 Å². The highest BCUT2D eigenvalue weighted by atomic mass is 16.5. The van der Waals surface area contributed by atoms with Gasteiger partial charge in [0.05, 0.1) is 27.9 Å². The van der Waals surface area contributed by atoms with Crippen molar-refractivity contribution in [2.75, 3.05) is 21.3 Å². The van der Waals surface area contributed by atoms with Crippen LogP contribution in [0.3, 0.4) is 0 Å². The summed E-state index contributed by atoms with van der Waals surface area (Å²) in [7, 11) is 4.28. The van der Waals surface area contributed by atoms with Gasteiger partial charge in [0.15, 0.2) is 5.69 Å². The summed E-state index contributed by atoms with van der Waals surface area (Å²) in [6, 6.07) is 5.26. The largest absolute Gasteiger partial charge is 0.496 e. The molecule has 2 aromatic rings. The van der Waals surface area contributed by atoms with Crippen LogP contribution in [0.4, 0.5) is 0 Å². The van der Waals surface area contributed by atoms with Gasteiger partial charge in [0.25, 0.3) is 5.91 Å². The maximum Gasteiger partial charge on any atom is 0.360 e. The van der Waals surface area contributed by atoms with Crippen LogP contribution in [0.25, 0.3) is 0 Å². The van der Waals surface area contributed by atoms with Gasteiger partial charge in [-0.2, -0.15) is 0 Å². The highest BCUT2D eigenvalue weighted by molar-refractivity contribution is 6.00. The number of carbonyl (C=O) groups is 2. The van der Waals surface area contributed by atoms with Gasteiger partial charge >= 0.3 is 5.97 Å². The average Bonchev–Trinajstić information content (AvgIpc) is 3.41. The first-order chi connectivity index (χ1) is 12.6. The van der Waals surface area contributed by atoms with E-state index >= 15 is 0 Å². The summed E-state index contributed by atoms with van der Waals surface area (Å²) in [5.41, 5.74) is 0.421. The van der Waals surface area contributed by atoms with E-state index in [1.807, 2.05) is 0 Å². The molecule has 1 fully saturated rings. The Morgan fingerprint density at radius 1 is 1.19 bits per heavy atom. The fraction of sp³-hybridized carbons (Fsp3) is 0.389. The third kappa shape index (κ3) is 3.49. The van der Waals surface area contributed by atoms with Crippen LogP contribution in [0.1, 0.15) is 39.6 Å². The predicted octanol–water partition coefficient (Wildman–Crippen LogP) is 2.28.